The van der Waals surface area contributed by atoms with Gasteiger partial charge in [-0.15, -0.1) is 0 Å². The van der Waals surface area contributed by atoms with Crippen LogP contribution >= 0.6 is 0 Å². The first-order chi connectivity index (χ1) is 6.34. The third kappa shape index (κ3) is 4.08. The molecule has 0 radical (unpaired) electrons. The molecule has 1 heterocycles. The highest BCUT2D eigenvalue weighted by atomic mass is 19.1. The molecule has 1 rings (SSSR count). The normalized spacial score (nSPS) is 24.9. The first-order valence-corrected chi connectivity index (χ1v) is 5.72. The molecule has 0 bridgehead atoms. The van der Waals surface area contributed by atoms with Gasteiger partial charge in [0, 0.05) is 6.04 Å². The lowest BCUT2D eigenvalue weighted by atomic mass is 10.0. The molecule has 0 spiro atoms. The molecule has 1 N–H and O–H groups in total. The fourth-order valence-electron chi connectivity index (χ4n) is 1.99. The van der Waals surface area contributed by atoms with Crippen molar-refractivity contribution in [1.29, 1.82) is 0 Å². The predicted octanol–water partition coefficient (Wildman–Crippen LogP) is 3.05. The van der Waals surface area contributed by atoms with Gasteiger partial charge in [-0.2, -0.15) is 0 Å². The first-order valence-electron chi connectivity index (χ1n) is 5.72. The van der Waals surface area contributed by atoms with E-state index >= 15 is 0 Å². The summed E-state index contributed by atoms with van der Waals surface area (Å²) in [6, 6.07) is 0.168. The van der Waals surface area contributed by atoms with Crippen molar-refractivity contribution < 1.29 is 4.39 Å². The Labute approximate surface area is 81.1 Å². The number of alkyl halides is 1. The van der Waals surface area contributed by atoms with Crippen molar-refractivity contribution in [1.82, 2.24) is 5.32 Å². The minimum absolute atomic E-state index is 0.168. The maximum Gasteiger partial charge on any atom is 0.115 e. The first kappa shape index (κ1) is 11.0. The zero-order chi connectivity index (χ0) is 9.52. The summed E-state index contributed by atoms with van der Waals surface area (Å²) >= 11 is 0. The van der Waals surface area contributed by atoms with E-state index in [-0.39, 0.29) is 6.04 Å². The summed E-state index contributed by atoms with van der Waals surface area (Å²) in [5.41, 5.74) is 0. The number of hydrogen-bond acceptors (Lipinski definition) is 1. The van der Waals surface area contributed by atoms with Crippen LogP contribution in [0, 0.1) is 0 Å². The van der Waals surface area contributed by atoms with E-state index in [0.717, 1.165) is 32.2 Å². The van der Waals surface area contributed by atoms with Crippen molar-refractivity contribution in [2.45, 2.75) is 64.1 Å². The molecule has 1 aliphatic heterocycles. The summed E-state index contributed by atoms with van der Waals surface area (Å²) in [5, 5.41) is 3.22. The van der Waals surface area contributed by atoms with Gasteiger partial charge in [-0.3, -0.25) is 0 Å². The minimum atomic E-state index is -0.598. The summed E-state index contributed by atoms with van der Waals surface area (Å²) in [5.74, 6) is 0. The van der Waals surface area contributed by atoms with Crippen LogP contribution in [0.3, 0.4) is 0 Å². The predicted molar refractivity (Wildman–Crippen MR) is 54.7 cm³/mol. The second kappa shape index (κ2) is 6.36. The van der Waals surface area contributed by atoms with E-state index in [9.17, 15) is 4.39 Å². The largest absolute Gasteiger partial charge is 0.311 e. The standard InChI is InChI=1S/C11H22FN/c1-2-3-4-5-7-10(12)11-8-6-9-13-11/h10-11,13H,2-9H2,1H3. The molecule has 0 aromatic rings. The van der Waals surface area contributed by atoms with Crippen LogP contribution < -0.4 is 5.32 Å². The topological polar surface area (TPSA) is 12.0 Å². The average Bonchev–Trinajstić information content (AvgIpc) is 2.65. The Balaban J connectivity index is 1.99. The van der Waals surface area contributed by atoms with Crippen LogP contribution in [0.2, 0.25) is 0 Å². The van der Waals surface area contributed by atoms with Crippen LogP contribution in [0.4, 0.5) is 4.39 Å². The van der Waals surface area contributed by atoms with Crippen molar-refractivity contribution in [3.8, 4) is 0 Å². The summed E-state index contributed by atoms with van der Waals surface area (Å²) in [6.45, 7) is 3.20. The molecule has 78 valence electrons. The summed E-state index contributed by atoms with van der Waals surface area (Å²) in [6.07, 6.45) is 7.10. The second-order valence-corrected chi connectivity index (χ2v) is 4.07. The minimum Gasteiger partial charge on any atom is -0.311 e. The molecule has 2 unspecified atom stereocenters. The lowest BCUT2D eigenvalue weighted by molar-refractivity contribution is 0.243. The molecule has 0 saturated carbocycles. The van der Waals surface area contributed by atoms with Gasteiger partial charge in [0.05, 0.1) is 0 Å². The van der Waals surface area contributed by atoms with E-state index in [1.54, 1.807) is 0 Å². The Kier molecular flexibility index (Phi) is 5.37. The van der Waals surface area contributed by atoms with E-state index in [2.05, 4.69) is 12.2 Å². The molecule has 0 aliphatic carbocycles. The van der Waals surface area contributed by atoms with Gasteiger partial charge < -0.3 is 5.32 Å². The molecule has 0 aromatic carbocycles. The van der Waals surface area contributed by atoms with Crippen LogP contribution in [-0.4, -0.2) is 18.8 Å². The highest BCUT2D eigenvalue weighted by Crippen LogP contribution is 2.17. The summed E-state index contributed by atoms with van der Waals surface area (Å²) in [4.78, 5) is 0. The van der Waals surface area contributed by atoms with Crippen molar-refractivity contribution >= 4 is 0 Å². The van der Waals surface area contributed by atoms with E-state index in [4.69, 9.17) is 0 Å². The molecule has 1 saturated heterocycles. The highest BCUT2D eigenvalue weighted by molar-refractivity contribution is 4.81. The Morgan fingerprint density at radius 3 is 2.85 bits per heavy atom. The van der Waals surface area contributed by atoms with Gasteiger partial charge in [0.1, 0.15) is 6.17 Å². The number of unbranched alkanes of at least 4 members (excludes halogenated alkanes) is 3. The van der Waals surface area contributed by atoms with E-state index in [1.165, 1.54) is 19.3 Å². The maximum absolute atomic E-state index is 13.5. The van der Waals surface area contributed by atoms with Crippen molar-refractivity contribution in [2.24, 2.45) is 0 Å². The van der Waals surface area contributed by atoms with Gasteiger partial charge in [0.25, 0.3) is 0 Å². The van der Waals surface area contributed by atoms with Gasteiger partial charge >= 0.3 is 0 Å². The lowest BCUT2D eigenvalue weighted by Crippen LogP contribution is -2.31. The molecule has 1 fully saturated rings. The van der Waals surface area contributed by atoms with Crippen LogP contribution in [-0.2, 0) is 0 Å². The van der Waals surface area contributed by atoms with Gasteiger partial charge in [-0.1, -0.05) is 32.6 Å². The zero-order valence-electron chi connectivity index (χ0n) is 8.69. The molecular formula is C11H22FN. The van der Waals surface area contributed by atoms with Crippen LogP contribution in [0.1, 0.15) is 51.9 Å². The van der Waals surface area contributed by atoms with Crippen LogP contribution in [0.25, 0.3) is 0 Å². The summed E-state index contributed by atoms with van der Waals surface area (Å²) in [7, 11) is 0. The monoisotopic (exact) mass is 187 g/mol. The molecular weight excluding hydrogens is 165 g/mol. The van der Waals surface area contributed by atoms with E-state index in [0.29, 0.717) is 0 Å². The van der Waals surface area contributed by atoms with Gasteiger partial charge in [0.15, 0.2) is 0 Å². The molecule has 2 atom stereocenters. The molecule has 1 nitrogen and oxygen atoms in total. The zero-order valence-corrected chi connectivity index (χ0v) is 8.69. The second-order valence-electron chi connectivity index (χ2n) is 4.07. The van der Waals surface area contributed by atoms with E-state index in [1.807, 2.05) is 0 Å². The molecule has 2 heteroatoms. The maximum atomic E-state index is 13.5. The van der Waals surface area contributed by atoms with Crippen molar-refractivity contribution in [3.05, 3.63) is 0 Å². The molecule has 1 aliphatic rings. The SMILES string of the molecule is CCCCCCC(F)C1CCCN1. The molecule has 13 heavy (non-hydrogen) atoms. The third-order valence-electron chi connectivity index (χ3n) is 2.87. The number of hydrogen-bond donors (Lipinski definition) is 1. The quantitative estimate of drug-likeness (QED) is 0.630. The fraction of sp³-hybridized carbons (Fsp3) is 1.00. The van der Waals surface area contributed by atoms with Crippen molar-refractivity contribution in [2.75, 3.05) is 6.54 Å². The average molecular weight is 187 g/mol. The van der Waals surface area contributed by atoms with Gasteiger partial charge in [-0.25, -0.2) is 4.39 Å². The fourth-order valence-corrected chi connectivity index (χ4v) is 1.99. The number of nitrogens with one attached hydrogen (secondary N) is 1. The highest BCUT2D eigenvalue weighted by Gasteiger charge is 2.23. The Hall–Kier alpha value is -0.110. The smallest absolute Gasteiger partial charge is 0.115 e. The Morgan fingerprint density at radius 1 is 1.38 bits per heavy atom. The molecule has 0 amide bonds. The Morgan fingerprint density at radius 2 is 2.23 bits per heavy atom. The Bertz CT molecular complexity index is 121. The number of halogens is 1. The van der Waals surface area contributed by atoms with Gasteiger partial charge in [0.2, 0.25) is 0 Å². The third-order valence-corrected chi connectivity index (χ3v) is 2.87. The lowest BCUT2D eigenvalue weighted by Gasteiger charge is -2.15. The molecule has 0 aromatic heterocycles. The van der Waals surface area contributed by atoms with Gasteiger partial charge in [-0.05, 0) is 25.8 Å². The van der Waals surface area contributed by atoms with Crippen molar-refractivity contribution in [3.63, 3.8) is 0 Å². The van der Waals surface area contributed by atoms with E-state index < -0.39 is 6.17 Å². The number of rotatable bonds is 6. The van der Waals surface area contributed by atoms with Crippen LogP contribution in [0.15, 0.2) is 0 Å². The van der Waals surface area contributed by atoms with Crippen LogP contribution in [0.5, 0.6) is 0 Å². The summed E-state index contributed by atoms with van der Waals surface area (Å²) < 4.78 is 13.5.